The number of benzene rings is 1. The monoisotopic (exact) mass is 392 g/mol. The van der Waals surface area contributed by atoms with E-state index in [-0.39, 0.29) is 11.9 Å². The van der Waals surface area contributed by atoms with Crippen molar-refractivity contribution in [2.75, 3.05) is 13.1 Å². The van der Waals surface area contributed by atoms with E-state index in [2.05, 4.69) is 17.1 Å². The second-order valence-corrected chi connectivity index (χ2v) is 9.68. The number of carbonyl (C=O) groups excluding carboxylic acids is 1. The summed E-state index contributed by atoms with van der Waals surface area (Å²) in [6.45, 7) is 4.60. The van der Waals surface area contributed by atoms with Gasteiger partial charge in [-0.3, -0.25) is 9.69 Å². The van der Waals surface area contributed by atoms with Crippen LogP contribution in [0.5, 0.6) is 0 Å². The molecule has 3 fully saturated rings. The van der Waals surface area contributed by atoms with Crippen LogP contribution in [-0.2, 0) is 0 Å². The normalized spacial score (nSPS) is 28.1. The number of nitrogens with one attached hydrogen (secondary N) is 1. The van der Waals surface area contributed by atoms with E-state index >= 15 is 0 Å². The third-order valence-corrected chi connectivity index (χ3v) is 7.79. The molecule has 132 valence electrons. The fourth-order valence-corrected chi connectivity index (χ4v) is 6.02. The smallest absolute Gasteiger partial charge is 0.261 e. The van der Waals surface area contributed by atoms with Crippen molar-refractivity contribution in [2.24, 2.45) is 5.92 Å². The van der Waals surface area contributed by atoms with Crippen molar-refractivity contribution in [3.05, 3.63) is 46.3 Å². The Morgan fingerprint density at radius 2 is 1.92 bits per heavy atom. The highest BCUT2D eigenvalue weighted by molar-refractivity contribution is 8.01. The maximum absolute atomic E-state index is 12.7. The number of carbonyl (C=O) groups is 1. The van der Waals surface area contributed by atoms with Crippen molar-refractivity contribution in [3.63, 3.8) is 0 Å². The van der Waals surface area contributed by atoms with Gasteiger partial charge in [-0.25, -0.2) is 0 Å². The van der Waals surface area contributed by atoms with Gasteiger partial charge in [-0.05, 0) is 75.2 Å². The number of thiophene rings is 1. The first-order valence-corrected chi connectivity index (χ1v) is 10.7. The van der Waals surface area contributed by atoms with Crippen molar-refractivity contribution in [1.82, 2.24) is 10.2 Å². The lowest BCUT2D eigenvalue weighted by atomic mass is 9.79. The number of halogens is 1. The maximum Gasteiger partial charge on any atom is 0.261 e. The number of rotatable bonds is 4. The zero-order valence-electron chi connectivity index (χ0n) is 14.1. The quantitative estimate of drug-likeness (QED) is 0.813. The molecule has 3 aliphatic heterocycles. The molecule has 3 saturated heterocycles. The van der Waals surface area contributed by atoms with Crippen LogP contribution in [0.1, 0.15) is 29.4 Å². The summed E-state index contributed by atoms with van der Waals surface area (Å²) in [5.74, 6) is 0.699. The molecular formula is C19H21ClN2OS2. The van der Waals surface area contributed by atoms with Crippen LogP contribution in [0.4, 0.5) is 0 Å². The van der Waals surface area contributed by atoms with Gasteiger partial charge in [0.25, 0.3) is 5.91 Å². The molecule has 0 aliphatic carbocycles. The molecule has 2 atom stereocenters. The van der Waals surface area contributed by atoms with Crippen LogP contribution < -0.4 is 5.32 Å². The van der Waals surface area contributed by atoms with E-state index in [1.165, 1.54) is 25.9 Å². The molecule has 0 saturated carbocycles. The minimum atomic E-state index is 0.0681. The molecule has 25 heavy (non-hydrogen) atoms. The highest BCUT2D eigenvalue weighted by Gasteiger charge is 2.40. The van der Waals surface area contributed by atoms with E-state index in [1.807, 2.05) is 36.4 Å². The third kappa shape index (κ3) is 3.75. The van der Waals surface area contributed by atoms with Gasteiger partial charge in [-0.2, -0.15) is 0 Å². The molecular weight excluding hydrogens is 372 g/mol. The summed E-state index contributed by atoms with van der Waals surface area (Å²) < 4.78 is 1.12. The predicted octanol–water partition coefficient (Wildman–Crippen LogP) is 4.77. The summed E-state index contributed by atoms with van der Waals surface area (Å²) in [6.07, 6.45) is 2.41. The van der Waals surface area contributed by atoms with Crippen molar-refractivity contribution < 1.29 is 4.79 Å². The Morgan fingerprint density at radius 1 is 1.20 bits per heavy atom. The summed E-state index contributed by atoms with van der Waals surface area (Å²) in [7, 11) is 0. The fraction of sp³-hybridized carbons (Fsp3) is 0.421. The van der Waals surface area contributed by atoms with Crippen LogP contribution in [-0.4, -0.2) is 36.0 Å². The van der Waals surface area contributed by atoms with Crippen molar-refractivity contribution in [1.29, 1.82) is 0 Å². The largest absolute Gasteiger partial charge is 0.347 e. The van der Waals surface area contributed by atoms with Crippen molar-refractivity contribution in [3.8, 4) is 0 Å². The molecule has 0 radical (unpaired) electrons. The highest BCUT2D eigenvalue weighted by atomic mass is 35.5. The van der Waals surface area contributed by atoms with Gasteiger partial charge in [0.2, 0.25) is 0 Å². The van der Waals surface area contributed by atoms with Gasteiger partial charge in [-0.1, -0.05) is 23.4 Å². The van der Waals surface area contributed by atoms with E-state index in [9.17, 15) is 4.79 Å². The second-order valence-electron chi connectivity index (χ2n) is 6.79. The number of hydrogen-bond acceptors (Lipinski definition) is 4. The van der Waals surface area contributed by atoms with Crippen molar-refractivity contribution in [2.45, 2.75) is 41.0 Å². The highest BCUT2D eigenvalue weighted by Crippen LogP contribution is 2.35. The van der Waals surface area contributed by atoms with Crippen molar-refractivity contribution >= 4 is 40.6 Å². The summed E-state index contributed by atoms with van der Waals surface area (Å²) >= 11 is 9.15. The molecule has 1 aromatic carbocycles. The van der Waals surface area contributed by atoms with Crippen LogP contribution in [0, 0.1) is 5.92 Å². The average molecular weight is 393 g/mol. The van der Waals surface area contributed by atoms with Gasteiger partial charge >= 0.3 is 0 Å². The summed E-state index contributed by atoms with van der Waals surface area (Å²) in [4.78, 5) is 17.1. The molecule has 2 aromatic rings. The molecule has 3 nitrogen and oxygen atoms in total. The minimum Gasteiger partial charge on any atom is -0.347 e. The molecule has 2 bridgehead atoms. The molecule has 2 unspecified atom stereocenters. The fourth-order valence-electron chi connectivity index (χ4n) is 3.88. The van der Waals surface area contributed by atoms with Gasteiger partial charge in [0.05, 0.1) is 9.09 Å². The predicted molar refractivity (Wildman–Crippen MR) is 105 cm³/mol. The lowest BCUT2D eigenvalue weighted by Gasteiger charge is -2.49. The van der Waals surface area contributed by atoms with E-state index in [1.54, 1.807) is 23.1 Å². The van der Waals surface area contributed by atoms with Crippen LogP contribution in [0.25, 0.3) is 0 Å². The molecule has 1 aromatic heterocycles. The standard InChI is InChI=1S/C19H21ClN2OS2/c1-12-18(13-8-10-22(12)11-9-13)21-19(23)16-6-7-17(25-16)24-15-4-2-14(20)3-5-15/h2-7,12-13,18H,8-11H2,1H3,(H,21,23). The number of piperidine rings is 3. The van der Waals surface area contributed by atoms with Gasteiger partial charge in [-0.15, -0.1) is 11.3 Å². The Bertz CT molecular complexity index is 751. The number of nitrogens with zero attached hydrogens (tertiary/aromatic N) is 1. The topological polar surface area (TPSA) is 32.3 Å². The minimum absolute atomic E-state index is 0.0681. The Balaban J connectivity index is 1.41. The molecule has 4 heterocycles. The van der Waals surface area contributed by atoms with Gasteiger partial charge in [0.15, 0.2) is 0 Å². The lowest BCUT2D eigenvalue weighted by molar-refractivity contribution is 0.0218. The molecule has 1 amide bonds. The van der Waals surface area contributed by atoms with E-state index in [4.69, 9.17) is 11.6 Å². The lowest BCUT2D eigenvalue weighted by Crippen LogP contribution is -2.62. The first-order valence-electron chi connectivity index (χ1n) is 8.68. The maximum atomic E-state index is 12.7. The van der Waals surface area contributed by atoms with Gasteiger partial charge < -0.3 is 5.32 Å². The first-order chi connectivity index (χ1) is 12.1. The molecule has 0 spiro atoms. The number of amides is 1. The Hall–Kier alpha value is -1.01. The Labute approximate surface area is 161 Å². The summed E-state index contributed by atoms with van der Waals surface area (Å²) in [6, 6.07) is 12.5. The summed E-state index contributed by atoms with van der Waals surface area (Å²) in [5, 5.41) is 4.04. The van der Waals surface area contributed by atoms with E-state index in [0.29, 0.717) is 12.0 Å². The number of hydrogen-bond donors (Lipinski definition) is 1. The Morgan fingerprint density at radius 3 is 2.60 bits per heavy atom. The average Bonchev–Trinajstić information content (AvgIpc) is 3.09. The molecule has 5 rings (SSSR count). The second kappa shape index (κ2) is 7.31. The molecule has 3 aliphatic rings. The van der Waals surface area contributed by atoms with Gasteiger partial charge in [0.1, 0.15) is 0 Å². The molecule has 1 N–H and O–H groups in total. The van der Waals surface area contributed by atoms with Crippen LogP contribution in [0.2, 0.25) is 5.02 Å². The van der Waals surface area contributed by atoms with Crippen LogP contribution >= 0.6 is 34.7 Å². The van der Waals surface area contributed by atoms with Crippen LogP contribution in [0.3, 0.4) is 0 Å². The zero-order valence-corrected chi connectivity index (χ0v) is 16.5. The third-order valence-electron chi connectivity index (χ3n) is 5.31. The first kappa shape index (κ1) is 17.4. The zero-order chi connectivity index (χ0) is 17.4. The SMILES string of the molecule is CC1C(NC(=O)c2ccc(Sc3ccc(Cl)cc3)s2)C2CCN1CC2. The van der Waals surface area contributed by atoms with E-state index < -0.39 is 0 Å². The Kier molecular flexibility index (Phi) is 5.09. The van der Waals surface area contributed by atoms with E-state index in [0.717, 1.165) is 19.0 Å². The van der Waals surface area contributed by atoms with Gasteiger partial charge in [0, 0.05) is 22.0 Å². The summed E-state index contributed by atoms with van der Waals surface area (Å²) in [5.41, 5.74) is 0. The molecule has 6 heteroatoms. The van der Waals surface area contributed by atoms with Crippen LogP contribution in [0.15, 0.2) is 45.5 Å². The number of fused-ring (bicyclic) bond motifs is 3.